The zero-order valence-corrected chi connectivity index (χ0v) is 12.0. The summed E-state index contributed by atoms with van der Waals surface area (Å²) in [6, 6.07) is 6.42. The minimum absolute atomic E-state index is 0.335. The predicted molar refractivity (Wildman–Crippen MR) is 77.3 cm³/mol. The van der Waals surface area contributed by atoms with Gasteiger partial charge in [0.15, 0.2) is 0 Å². The first-order valence-electron chi connectivity index (χ1n) is 7.29. The topological polar surface area (TPSA) is 24.5 Å². The van der Waals surface area contributed by atoms with E-state index in [-0.39, 0.29) is 0 Å². The monoisotopic (exact) mass is 260 g/mol. The van der Waals surface area contributed by atoms with E-state index in [0.29, 0.717) is 5.41 Å². The standard InChI is InChI=1S/C16H24N2O/c1-16(6-8-18(2)9-7-16)12-19-15-5-3-4-13-10-17-11-14(13)15/h3-5,17H,6-12H2,1-2H3. The number of fused-ring (bicyclic) bond motifs is 1. The molecule has 2 aliphatic rings. The molecule has 1 fully saturated rings. The van der Waals surface area contributed by atoms with Crippen LogP contribution in [0.2, 0.25) is 0 Å². The van der Waals surface area contributed by atoms with E-state index in [2.05, 4.69) is 42.4 Å². The fourth-order valence-electron chi connectivity index (χ4n) is 2.99. The Balaban J connectivity index is 1.65. The molecule has 1 aromatic rings. The van der Waals surface area contributed by atoms with Gasteiger partial charge in [0.2, 0.25) is 0 Å². The predicted octanol–water partition coefficient (Wildman–Crippen LogP) is 2.40. The van der Waals surface area contributed by atoms with Gasteiger partial charge in [0, 0.05) is 24.1 Å². The second-order valence-electron chi connectivity index (χ2n) is 6.40. The van der Waals surface area contributed by atoms with Crippen molar-refractivity contribution < 1.29 is 4.74 Å². The maximum absolute atomic E-state index is 6.17. The molecule has 0 saturated carbocycles. The molecule has 104 valence electrons. The SMILES string of the molecule is CN1CCC(C)(COc2cccc3c2CNC3)CC1. The molecule has 0 aliphatic carbocycles. The molecule has 1 saturated heterocycles. The molecule has 0 radical (unpaired) electrons. The number of ether oxygens (including phenoxy) is 1. The highest BCUT2D eigenvalue weighted by atomic mass is 16.5. The Labute approximate surface area is 115 Å². The molecule has 3 rings (SSSR count). The maximum Gasteiger partial charge on any atom is 0.124 e. The zero-order valence-electron chi connectivity index (χ0n) is 12.0. The van der Waals surface area contributed by atoms with E-state index in [9.17, 15) is 0 Å². The number of piperidine rings is 1. The van der Waals surface area contributed by atoms with Gasteiger partial charge in [-0.05, 0) is 44.6 Å². The summed E-state index contributed by atoms with van der Waals surface area (Å²) in [5, 5.41) is 3.39. The lowest BCUT2D eigenvalue weighted by Crippen LogP contribution is -2.39. The van der Waals surface area contributed by atoms with Crippen molar-refractivity contribution >= 4 is 0 Å². The summed E-state index contributed by atoms with van der Waals surface area (Å²) in [4.78, 5) is 2.41. The van der Waals surface area contributed by atoms with Crippen LogP contribution >= 0.6 is 0 Å². The van der Waals surface area contributed by atoms with Gasteiger partial charge in [-0.15, -0.1) is 0 Å². The fourth-order valence-corrected chi connectivity index (χ4v) is 2.99. The Kier molecular flexibility index (Phi) is 3.50. The van der Waals surface area contributed by atoms with Crippen molar-refractivity contribution in [3.8, 4) is 5.75 Å². The molecule has 2 aliphatic heterocycles. The number of nitrogens with one attached hydrogen (secondary N) is 1. The van der Waals surface area contributed by atoms with Gasteiger partial charge in [0.1, 0.15) is 5.75 Å². The molecule has 3 nitrogen and oxygen atoms in total. The normalized spacial score (nSPS) is 22.2. The van der Waals surface area contributed by atoms with E-state index in [1.54, 1.807) is 0 Å². The number of hydrogen-bond donors (Lipinski definition) is 1. The minimum Gasteiger partial charge on any atom is -0.493 e. The Morgan fingerprint density at radius 2 is 2.05 bits per heavy atom. The Hall–Kier alpha value is -1.06. The molecule has 3 heteroatoms. The van der Waals surface area contributed by atoms with Crippen molar-refractivity contribution in [2.75, 3.05) is 26.7 Å². The first kappa shape index (κ1) is 12.9. The van der Waals surface area contributed by atoms with Crippen molar-refractivity contribution in [3.05, 3.63) is 29.3 Å². The first-order chi connectivity index (χ1) is 9.16. The second kappa shape index (κ2) is 5.14. The lowest BCUT2D eigenvalue weighted by atomic mass is 9.81. The molecule has 0 unspecified atom stereocenters. The summed E-state index contributed by atoms with van der Waals surface area (Å²) in [5.74, 6) is 1.09. The maximum atomic E-state index is 6.17. The fraction of sp³-hybridized carbons (Fsp3) is 0.625. The Morgan fingerprint density at radius 3 is 2.84 bits per heavy atom. The third-order valence-corrected chi connectivity index (χ3v) is 4.62. The number of hydrogen-bond acceptors (Lipinski definition) is 3. The van der Waals surface area contributed by atoms with Crippen LogP contribution in [0, 0.1) is 5.41 Å². The molecule has 1 N–H and O–H groups in total. The summed E-state index contributed by atoms with van der Waals surface area (Å²) >= 11 is 0. The van der Waals surface area contributed by atoms with Crippen LogP contribution < -0.4 is 10.1 Å². The molecule has 0 atom stereocenters. The van der Waals surface area contributed by atoms with Crippen molar-refractivity contribution in [3.63, 3.8) is 0 Å². The number of benzene rings is 1. The van der Waals surface area contributed by atoms with Crippen molar-refractivity contribution in [2.45, 2.75) is 32.9 Å². The van der Waals surface area contributed by atoms with Crippen LogP contribution in [0.25, 0.3) is 0 Å². The number of rotatable bonds is 3. The number of nitrogens with zero attached hydrogens (tertiary/aromatic N) is 1. The van der Waals surface area contributed by atoms with Crippen LogP contribution in [0.4, 0.5) is 0 Å². The molecule has 2 heterocycles. The smallest absolute Gasteiger partial charge is 0.124 e. The van der Waals surface area contributed by atoms with Gasteiger partial charge in [0.05, 0.1) is 6.61 Å². The third-order valence-electron chi connectivity index (χ3n) is 4.62. The largest absolute Gasteiger partial charge is 0.493 e. The molecule has 0 amide bonds. The summed E-state index contributed by atoms with van der Waals surface area (Å²) in [7, 11) is 2.20. The Morgan fingerprint density at radius 1 is 1.26 bits per heavy atom. The summed E-state index contributed by atoms with van der Waals surface area (Å²) in [5.41, 5.74) is 3.09. The molecule has 19 heavy (non-hydrogen) atoms. The van der Waals surface area contributed by atoms with Gasteiger partial charge in [-0.3, -0.25) is 0 Å². The van der Waals surface area contributed by atoms with E-state index >= 15 is 0 Å². The summed E-state index contributed by atoms with van der Waals surface area (Å²) in [6.45, 7) is 7.51. The molecule has 1 aromatic carbocycles. The van der Waals surface area contributed by atoms with Crippen molar-refractivity contribution in [2.24, 2.45) is 5.41 Å². The minimum atomic E-state index is 0.335. The van der Waals surface area contributed by atoms with Gasteiger partial charge in [0.25, 0.3) is 0 Å². The van der Waals surface area contributed by atoms with Crippen LogP contribution in [0.1, 0.15) is 30.9 Å². The van der Waals surface area contributed by atoms with E-state index < -0.39 is 0 Å². The average molecular weight is 260 g/mol. The van der Waals surface area contributed by atoms with Crippen molar-refractivity contribution in [1.29, 1.82) is 0 Å². The van der Waals surface area contributed by atoms with Crippen LogP contribution in [0.3, 0.4) is 0 Å². The lowest BCUT2D eigenvalue weighted by molar-refractivity contribution is 0.0799. The van der Waals surface area contributed by atoms with E-state index in [4.69, 9.17) is 4.74 Å². The van der Waals surface area contributed by atoms with Gasteiger partial charge < -0.3 is 15.0 Å². The highest BCUT2D eigenvalue weighted by molar-refractivity contribution is 5.42. The van der Waals surface area contributed by atoms with Gasteiger partial charge in [-0.1, -0.05) is 19.1 Å². The van der Waals surface area contributed by atoms with Gasteiger partial charge in [-0.2, -0.15) is 0 Å². The quantitative estimate of drug-likeness (QED) is 0.903. The van der Waals surface area contributed by atoms with E-state index in [0.717, 1.165) is 25.4 Å². The average Bonchev–Trinajstić information content (AvgIpc) is 2.89. The molecule has 0 aromatic heterocycles. The van der Waals surface area contributed by atoms with Crippen molar-refractivity contribution in [1.82, 2.24) is 10.2 Å². The highest BCUT2D eigenvalue weighted by Crippen LogP contribution is 2.33. The number of likely N-dealkylation sites (tertiary alicyclic amines) is 1. The third kappa shape index (κ3) is 2.77. The van der Waals surface area contributed by atoms with E-state index in [1.165, 1.54) is 37.1 Å². The highest BCUT2D eigenvalue weighted by Gasteiger charge is 2.30. The van der Waals surface area contributed by atoms with Crippen LogP contribution in [0.15, 0.2) is 18.2 Å². The van der Waals surface area contributed by atoms with Crippen LogP contribution in [-0.4, -0.2) is 31.6 Å². The molecular weight excluding hydrogens is 236 g/mol. The first-order valence-corrected chi connectivity index (χ1v) is 7.29. The summed E-state index contributed by atoms with van der Waals surface area (Å²) in [6.07, 6.45) is 2.47. The van der Waals surface area contributed by atoms with E-state index in [1.807, 2.05) is 0 Å². The van der Waals surface area contributed by atoms with Gasteiger partial charge >= 0.3 is 0 Å². The molecular formula is C16H24N2O. The van der Waals surface area contributed by atoms with Crippen LogP contribution in [-0.2, 0) is 13.1 Å². The van der Waals surface area contributed by atoms with Crippen LogP contribution in [0.5, 0.6) is 5.75 Å². The lowest BCUT2D eigenvalue weighted by Gasteiger charge is -2.37. The zero-order chi connectivity index (χ0) is 13.3. The summed E-state index contributed by atoms with van der Waals surface area (Å²) < 4.78 is 6.17. The Bertz CT molecular complexity index is 450. The van der Waals surface area contributed by atoms with Gasteiger partial charge in [-0.25, -0.2) is 0 Å². The molecule has 0 spiro atoms. The molecule has 0 bridgehead atoms. The second-order valence-corrected chi connectivity index (χ2v) is 6.40.